The van der Waals surface area contributed by atoms with Crippen LogP contribution in [0, 0.1) is 0 Å². The Labute approximate surface area is 93.8 Å². The van der Waals surface area contributed by atoms with E-state index in [1.54, 1.807) is 6.92 Å². The maximum absolute atomic E-state index is 11.4. The monoisotopic (exact) mass is 231 g/mol. The molecule has 0 saturated carbocycles. The summed E-state index contributed by atoms with van der Waals surface area (Å²) < 4.78 is 0. The van der Waals surface area contributed by atoms with Gasteiger partial charge in [-0.05, 0) is 13.8 Å². The van der Waals surface area contributed by atoms with E-state index in [0.717, 1.165) is 4.90 Å². The Bertz CT molecular complexity index is 280. The molecule has 3 amide bonds. The fraction of sp³-hybridized carbons (Fsp3) is 0.667. The van der Waals surface area contributed by atoms with Crippen LogP contribution in [0.5, 0.6) is 0 Å². The summed E-state index contributed by atoms with van der Waals surface area (Å²) in [5.74, 6) is -1.41. The molecule has 0 aromatic heterocycles. The van der Waals surface area contributed by atoms with Crippen LogP contribution in [0.3, 0.4) is 0 Å². The first kappa shape index (κ1) is 14.2. The van der Waals surface area contributed by atoms with Crippen molar-refractivity contribution in [2.75, 3.05) is 20.1 Å². The Morgan fingerprint density at radius 2 is 1.94 bits per heavy atom. The number of nitrogens with zero attached hydrogens (tertiary/aromatic N) is 1. The molecule has 1 unspecified atom stereocenters. The van der Waals surface area contributed by atoms with Crippen molar-refractivity contribution in [1.29, 1.82) is 0 Å². The molecule has 0 aliphatic rings. The van der Waals surface area contributed by atoms with Gasteiger partial charge in [0.1, 0.15) is 12.6 Å². The van der Waals surface area contributed by atoms with E-state index in [2.05, 4.69) is 10.6 Å². The summed E-state index contributed by atoms with van der Waals surface area (Å²) in [5, 5.41) is 13.3. The number of hydrogen-bond acceptors (Lipinski definition) is 3. The van der Waals surface area contributed by atoms with Crippen LogP contribution in [0.2, 0.25) is 0 Å². The van der Waals surface area contributed by atoms with Crippen molar-refractivity contribution in [3.05, 3.63) is 0 Å². The van der Waals surface area contributed by atoms with E-state index in [0.29, 0.717) is 6.54 Å². The van der Waals surface area contributed by atoms with E-state index in [4.69, 9.17) is 5.11 Å². The molecular weight excluding hydrogens is 214 g/mol. The van der Waals surface area contributed by atoms with Gasteiger partial charge in [-0.2, -0.15) is 0 Å². The molecule has 3 N–H and O–H groups in total. The van der Waals surface area contributed by atoms with E-state index in [1.165, 1.54) is 14.0 Å². The molecule has 0 aliphatic heterocycles. The van der Waals surface area contributed by atoms with E-state index < -0.39 is 18.0 Å². The highest BCUT2D eigenvalue weighted by Gasteiger charge is 2.17. The number of amides is 3. The molecule has 1 atom stereocenters. The summed E-state index contributed by atoms with van der Waals surface area (Å²) in [6.45, 7) is 3.50. The zero-order valence-electron chi connectivity index (χ0n) is 9.61. The molecule has 0 heterocycles. The topological polar surface area (TPSA) is 98.7 Å². The fourth-order valence-corrected chi connectivity index (χ4v) is 0.897. The maximum Gasteiger partial charge on any atom is 0.325 e. The molecular formula is C9H17N3O4. The number of aliphatic carboxylic acids is 1. The van der Waals surface area contributed by atoms with Crippen LogP contribution in [0.25, 0.3) is 0 Å². The summed E-state index contributed by atoms with van der Waals surface area (Å²) in [6, 6.07) is -1.58. The third-order valence-corrected chi connectivity index (χ3v) is 1.81. The van der Waals surface area contributed by atoms with Gasteiger partial charge in [-0.1, -0.05) is 0 Å². The van der Waals surface area contributed by atoms with Crippen LogP contribution in [-0.2, 0) is 9.59 Å². The van der Waals surface area contributed by atoms with Crippen molar-refractivity contribution in [2.24, 2.45) is 0 Å². The molecule has 0 saturated heterocycles. The van der Waals surface area contributed by atoms with Gasteiger partial charge in [0.2, 0.25) is 5.91 Å². The van der Waals surface area contributed by atoms with E-state index in [9.17, 15) is 14.4 Å². The Morgan fingerprint density at radius 3 is 2.38 bits per heavy atom. The van der Waals surface area contributed by atoms with Crippen molar-refractivity contribution >= 4 is 17.9 Å². The first-order chi connectivity index (χ1) is 7.38. The second kappa shape index (κ2) is 6.65. The van der Waals surface area contributed by atoms with Gasteiger partial charge in [-0.15, -0.1) is 0 Å². The normalized spacial score (nSPS) is 11.4. The fourth-order valence-electron chi connectivity index (χ4n) is 0.897. The van der Waals surface area contributed by atoms with Gasteiger partial charge in [0.05, 0.1) is 0 Å². The molecule has 92 valence electrons. The largest absolute Gasteiger partial charge is 0.480 e. The molecule has 0 spiro atoms. The van der Waals surface area contributed by atoms with Crippen molar-refractivity contribution in [1.82, 2.24) is 15.5 Å². The maximum atomic E-state index is 11.4. The lowest BCUT2D eigenvalue weighted by atomic mass is 10.3. The molecule has 0 aromatic carbocycles. The second-order valence-electron chi connectivity index (χ2n) is 3.32. The quantitative estimate of drug-likeness (QED) is 0.579. The van der Waals surface area contributed by atoms with Gasteiger partial charge in [-0.25, -0.2) is 4.79 Å². The summed E-state index contributed by atoms with van der Waals surface area (Å²) in [5.41, 5.74) is 0. The number of carboxylic acid groups (broad SMARTS) is 1. The van der Waals surface area contributed by atoms with Crippen molar-refractivity contribution in [2.45, 2.75) is 19.9 Å². The molecule has 0 aromatic rings. The predicted molar refractivity (Wildman–Crippen MR) is 56.9 cm³/mol. The van der Waals surface area contributed by atoms with Crippen LogP contribution in [-0.4, -0.2) is 54.1 Å². The van der Waals surface area contributed by atoms with Crippen molar-refractivity contribution in [3.8, 4) is 0 Å². The number of carboxylic acids is 1. The summed E-state index contributed by atoms with van der Waals surface area (Å²) >= 11 is 0. The van der Waals surface area contributed by atoms with E-state index in [-0.39, 0.29) is 12.5 Å². The van der Waals surface area contributed by atoms with E-state index >= 15 is 0 Å². The SMILES string of the molecule is CCNC(=O)CN(C)C(=O)NC(C)C(=O)O. The lowest BCUT2D eigenvalue weighted by molar-refractivity contribution is -0.138. The first-order valence-corrected chi connectivity index (χ1v) is 4.89. The highest BCUT2D eigenvalue weighted by Crippen LogP contribution is 1.88. The molecule has 7 heteroatoms. The lowest BCUT2D eigenvalue weighted by Gasteiger charge is -2.18. The molecule has 7 nitrogen and oxygen atoms in total. The van der Waals surface area contributed by atoms with Crippen LogP contribution in [0.15, 0.2) is 0 Å². The number of carbonyl (C=O) groups is 3. The first-order valence-electron chi connectivity index (χ1n) is 4.89. The minimum Gasteiger partial charge on any atom is -0.480 e. The zero-order chi connectivity index (χ0) is 12.7. The van der Waals surface area contributed by atoms with Gasteiger partial charge in [0.25, 0.3) is 0 Å². The molecule has 0 aliphatic carbocycles. The minimum absolute atomic E-state index is 0.105. The average molecular weight is 231 g/mol. The van der Waals surface area contributed by atoms with Crippen molar-refractivity contribution in [3.63, 3.8) is 0 Å². The smallest absolute Gasteiger partial charge is 0.325 e. The van der Waals surface area contributed by atoms with Crippen LogP contribution < -0.4 is 10.6 Å². The van der Waals surface area contributed by atoms with Gasteiger partial charge in [0, 0.05) is 13.6 Å². The average Bonchev–Trinajstić information content (AvgIpc) is 2.17. The molecule has 0 fully saturated rings. The number of rotatable bonds is 5. The van der Waals surface area contributed by atoms with Gasteiger partial charge in [-0.3, -0.25) is 9.59 Å². The Morgan fingerprint density at radius 1 is 1.38 bits per heavy atom. The summed E-state index contributed by atoms with van der Waals surface area (Å²) in [7, 11) is 1.42. The van der Waals surface area contributed by atoms with Crippen molar-refractivity contribution < 1.29 is 19.5 Å². The lowest BCUT2D eigenvalue weighted by Crippen LogP contribution is -2.48. The summed E-state index contributed by atoms with van der Waals surface area (Å²) in [4.78, 5) is 34.1. The molecule has 16 heavy (non-hydrogen) atoms. The second-order valence-corrected chi connectivity index (χ2v) is 3.32. The summed E-state index contributed by atoms with van der Waals surface area (Å²) in [6.07, 6.45) is 0. The number of likely N-dealkylation sites (N-methyl/N-ethyl adjacent to an activating group) is 2. The number of nitrogens with one attached hydrogen (secondary N) is 2. The van der Waals surface area contributed by atoms with Crippen LogP contribution >= 0.6 is 0 Å². The number of urea groups is 1. The Kier molecular flexibility index (Phi) is 5.91. The molecule has 0 rings (SSSR count). The standard InChI is InChI=1S/C9H17N3O4/c1-4-10-7(13)5-12(3)9(16)11-6(2)8(14)15/h6H,4-5H2,1-3H3,(H,10,13)(H,11,16)(H,14,15). The highest BCUT2D eigenvalue weighted by atomic mass is 16.4. The van der Waals surface area contributed by atoms with E-state index in [1.807, 2.05) is 0 Å². The third-order valence-electron chi connectivity index (χ3n) is 1.81. The predicted octanol–water partition coefficient (Wildman–Crippen LogP) is -0.763. The molecule has 0 radical (unpaired) electrons. The van der Waals surface area contributed by atoms with Gasteiger partial charge in [0.15, 0.2) is 0 Å². The number of hydrogen-bond donors (Lipinski definition) is 3. The third kappa shape index (κ3) is 5.18. The highest BCUT2D eigenvalue weighted by molar-refractivity contribution is 5.86. The molecule has 0 bridgehead atoms. The minimum atomic E-state index is -1.13. The van der Waals surface area contributed by atoms with Gasteiger partial charge < -0.3 is 20.6 Å². The number of carbonyl (C=O) groups excluding carboxylic acids is 2. The van der Waals surface area contributed by atoms with Gasteiger partial charge >= 0.3 is 12.0 Å². The van der Waals surface area contributed by atoms with Crippen LogP contribution in [0.4, 0.5) is 4.79 Å². The Hall–Kier alpha value is -1.79. The zero-order valence-corrected chi connectivity index (χ0v) is 9.61. The van der Waals surface area contributed by atoms with Crippen LogP contribution in [0.1, 0.15) is 13.8 Å². The Balaban J connectivity index is 4.08.